The van der Waals surface area contributed by atoms with Crippen molar-refractivity contribution < 1.29 is 9.59 Å². The van der Waals surface area contributed by atoms with Gasteiger partial charge in [0.25, 0.3) is 5.91 Å². The van der Waals surface area contributed by atoms with Crippen LogP contribution >= 0.6 is 11.8 Å². The Kier molecular flexibility index (Phi) is 8.05. The third-order valence-electron chi connectivity index (χ3n) is 5.09. The maximum Gasteiger partial charge on any atom is 0.251 e. The Morgan fingerprint density at radius 1 is 1.03 bits per heavy atom. The number of thioether (sulfide) groups is 1. The molecule has 32 heavy (non-hydrogen) atoms. The molecule has 0 radical (unpaired) electrons. The lowest BCUT2D eigenvalue weighted by molar-refractivity contribution is -0.113. The molecule has 3 rings (SSSR count). The number of aromatic nitrogens is 3. The molecule has 0 fully saturated rings. The van der Waals surface area contributed by atoms with Crippen molar-refractivity contribution in [3.63, 3.8) is 0 Å². The maximum absolute atomic E-state index is 12.5. The molecule has 2 N–H and O–H groups in total. The van der Waals surface area contributed by atoms with Gasteiger partial charge in [-0.1, -0.05) is 48.5 Å². The van der Waals surface area contributed by atoms with E-state index in [1.807, 2.05) is 61.7 Å². The van der Waals surface area contributed by atoms with Crippen molar-refractivity contribution in [1.29, 1.82) is 0 Å². The van der Waals surface area contributed by atoms with Gasteiger partial charge in [-0.3, -0.25) is 9.59 Å². The summed E-state index contributed by atoms with van der Waals surface area (Å²) in [5.74, 6) is 0.613. The lowest BCUT2D eigenvalue weighted by atomic mass is 10.1. The maximum atomic E-state index is 12.5. The number of carbonyl (C=O) groups excluding carboxylic acids is 2. The van der Waals surface area contributed by atoms with Crippen LogP contribution in [-0.4, -0.2) is 32.3 Å². The van der Waals surface area contributed by atoms with E-state index in [1.54, 1.807) is 12.1 Å². The van der Waals surface area contributed by atoms with Crippen LogP contribution in [0.15, 0.2) is 53.7 Å². The van der Waals surface area contributed by atoms with Crippen molar-refractivity contribution in [1.82, 2.24) is 20.1 Å². The van der Waals surface area contributed by atoms with E-state index < -0.39 is 0 Å². The molecular weight excluding hydrogens is 422 g/mol. The first-order valence-corrected chi connectivity index (χ1v) is 11.7. The molecule has 7 nitrogen and oxygen atoms in total. The number of benzene rings is 2. The highest BCUT2D eigenvalue weighted by Crippen LogP contribution is 2.21. The predicted molar refractivity (Wildman–Crippen MR) is 128 cm³/mol. The highest BCUT2D eigenvalue weighted by Gasteiger charge is 2.20. The SMILES string of the molecule is CCc1ccc(NC(=O)CSc2nnc([C@H](C)NC(=O)c3ccc(C)cc3)n2CC)cc1. The number of hydrogen-bond donors (Lipinski definition) is 2. The Hall–Kier alpha value is -3.13. The van der Waals surface area contributed by atoms with Gasteiger partial charge in [-0.05, 0) is 57.0 Å². The monoisotopic (exact) mass is 451 g/mol. The summed E-state index contributed by atoms with van der Waals surface area (Å²) >= 11 is 1.33. The van der Waals surface area contributed by atoms with Crippen LogP contribution in [0.2, 0.25) is 0 Å². The Labute approximate surface area is 193 Å². The van der Waals surface area contributed by atoms with Gasteiger partial charge in [0.2, 0.25) is 5.91 Å². The molecule has 2 amide bonds. The van der Waals surface area contributed by atoms with Crippen molar-refractivity contribution in [2.24, 2.45) is 0 Å². The normalized spacial score (nSPS) is 11.8. The van der Waals surface area contributed by atoms with Crippen molar-refractivity contribution >= 4 is 29.3 Å². The zero-order valence-electron chi connectivity index (χ0n) is 18.9. The Balaban J connectivity index is 1.60. The Bertz CT molecular complexity index is 1060. The molecule has 0 saturated carbocycles. The van der Waals surface area contributed by atoms with Gasteiger partial charge < -0.3 is 15.2 Å². The molecule has 0 bridgehead atoms. The van der Waals surface area contributed by atoms with Gasteiger partial charge in [0.1, 0.15) is 0 Å². The molecule has 0 saturated heterocycles. The zero-order chi connectivity index (χ0) is 23.1. The minimum Gasteiger partial charge on any atom is -0.342 e. The second kappa shape index (κ2) is 10.9. The highest BCUT2D eigenvalue weighted by molar-refractivity contribution is 7.99. The first kappa shape index (κ1) is 23.5. The summed E-state index contributed by atoms with van der Waals surface area (Å²) in [6.45, 7) is 8.58. The van der Waals surface area contributed by atoms with E-state index in [4.69, 9.17) is 0 Å². The summed E-state index contributed by atoms with van der Waals surface area (Å²) in [5, 5.41) is 15.0. The number of aryl methyl sites for hydroxylation is 2. The average molecular weight is 452 g/mol. The standard InChI is InChI=1S/C24H29N5O2S/c1-5-18-9-13-20(14-10-18)26-21(30)15-32-24-28-27-22(29(24)6-2)17(4)25-23(31)19-11-7-16(3)8-12-19/h7-14,17H,5-6,15H2,1-4H3,(H,25,31)(H,26,30)/t17-/m0/s1. The molecular formula is C24H29N5O2S. The zero-order valence-corrected chi connectivity index (χ0v) is 19.7. The molecule has 1 heterocycles. The summed E-state index contributed by atoms with van der Waals surface area (Å²) in [6, 6.07) is 14.9. The third-order valence-corrected chi connectivity index (χ3v) is 6.06. The molecule has 168 valence electrons. The second-order valence-corrected chi connectivity index (χ2v) is 8.48. The van der Waals surface area contributed by atoms with Crippen LogP contribution in [0.5, 0.6) is 0 Å². The van der Waals surface area contributed by atoms with Crippen molar-refractivity contribution in [2.45, 2.75) is 51.9 Å². The fourth-order valence-corrected chi connectivity index (χ4v) is 4.03. The molecule has 0 aliphatic rings. The first-order valence-electron chi connectivity index (χ1n) is 10.7. The molecule has 0 unspecified atom stereocenters. The number of hydrogen-bond acceptors (Lipinski definition) is 5. The molecule has 2 aromatic carbocycles. The van der Waals surface area contributed by atoms with Crippen LogP contribution in [0.3, 0.4) is 0 Å². The minimum atomic E-state index is -0.323. The van der Waals surface area contributed by atoms with Gasteiger partial charge in [0.15, 0.2) is 11.0 Å². The lowest BCUT2D eigenvalue weighted by Gasteiger charge is -2.15. The summed E-state index contributed by atoms with van der Waals surface area (Å²) < 4.78 is 1.92. The van der Waals surface area contributed by atoms with Gasteiger partial charge in [0, 0.05) is 17.8 Å². The smallest absolute Gasteiger partial charge is 0.251 e. The molecule has 3 aromatic rings. The largest absolute Gasteiger partial charge is 0.342 e. The summed E-state index contributed by atoms with van der Waals surface area (Å²) in [6.07, 6.45) is 0.961. The van der Waals surface area contributed by atoms with Crippen LogP contribution in [0.25, 0.3) is 0 Å². The minimum absolute atomic E-state index is 0.104. The van der Waals surface area contributed by atoms with Crippen LogP contribution < -0.4 is 10.6 Å². The van der Waals surface area contributed by atoms with E-state index in [-0.39, 0.29) is 23.6 Å². The lowest BCUT2D eigenvalue weighted by Crippen LogP contribution is -2.28. The van der Waals surface area contributed by atoms with Gasteiger partial charge >= 0.3 is 0 Å². The van der Waals surface area contributed by atoms with E-state index >= 15 is 0 Å². The average Bonchev–Trinajstić information content (AvgIpc) is 3.21. The quantitative estimate of drug-likeness (QED) is 0.471. The Morgan fingerprint density at radius 2 is 1.72 bits per heavy atom. The number of nitrogens with zero attached hydrogens (tertiary/aromatic N) is 3. The molecule has 8 heteroatoms. The summed E-state index contributed by atoms with van der Waals surface area (Å²) in [7, 11) is 0. The summed E-state index contributed by atoms with van der Waals surface area (Å²) in [5.41, 5.74) is 3.70. The molecule has 1 aromatic heterocycles. The Morgan fingerprint density at radius 3 is 2.34 bits per heavy atom. The van der Waals surface area contributed by atoms with E-state index in [0.717, 1.165) is 17.7 Å². The van der Waals surface area contributed by atoms with Crippen LogP contribution in [0.4, 0.5) is 5.69 Å². The van der Waals surface area contributed by atoms with Gasteiger partial charge in [-0.2, -0.15) is 0 Å². The van der Waals surface area contributed by atoms with Gasteiger partial charge in [0.05, 0.1) is 11.8 Å². The van der Waals surface area contributed by atoms with E-state index in [1.165, 1.54) is 17.3 Å². The highest BCUT2D eigenvalue weighted by atomic mass is 32.2. The molecule has 0 spiro atoms. The first-order chi connectivity index (χ1) is 15.4. The van der Waals surface area contributed by atoms with Gasteiger partial charge in [-0.25, -0.2) is 0 Å². The van der Waals surface area contributed by atoms with Gasteiger partial charge in [-0.15, -0.1) is 10.2 Å². The predicted octanol–water partition coefficient (Wildman–Crippen LogP) is 4.39. The number of amides is 2. The van der Waals surface area contributed by atoms with E-state index in [0.29, 0.717) is 23.1 Å². The van der Waals surface area contributed by atoms with Crippen molar-refractivity contribution in [3.8, 4) is 0 Å². The molecule has 0 aliphatic heterocycles. The molecule has 1 atom stereocenters. The number of rotatable bonds is 9. The van der Waals surface area contributed by atoms with Crippen LogP contribution in [0.1, 0.15) is 54.1 Å². The fourth-order valence-electron chi connectivity index (χ4n) is 3.22. The molecule has 0 aliphatic carbocycles. The van der Waals surface area contributed by atoms with Crippen molar-refractivity contribution in [2.75, 3.05) is 11.1 Å². The van der Waals surface area contributed by atoms with E-state index in [2.05, 4.69) is 27.8 Å². The van der Waals surface area contributed by atoms with Crippen LogP contribution in [0, 0.1) is 6.92 Å². The number of carbonyl (C=O) groups is 2. The number of nitrogens with one attached hydrogen (secondary N) is 2. The van der Waals surface area contributed by atoms with Crippen molar-refractivity contribution in [3.05, 3.63) is 71.0 Å². The van der Waals surface area contributed by atoms with E-state index in [9.17, 15) is 9.59 Å². The second-order valence-electron chi connectivity index (χ2n) is 7.53. The van der Waals surface area contributed by atoms with Crippen LogP contribution in [-0.2, 0) is 17.8 Å². The summed E-state index contributed by atoms with van der Waals surface area (Å²) in [4.78, 5) is 24.9. The third kappa shape index (κ3) is 5.97. The number of anilines is 1. The topological polar surface area (TPSA) is 88.9 Å². The fraction of sp³-hybridized carbons (Fsp3) is 0.333.